The first-order valence-electron chi connectivity index (χ1n) is 5.95. The summed E-state index contributed by atoms with van der Waals surface area (Å²) in [6.07, 6.45) is 3.63. The highest BCUT2D eigenvalue weighted by Crippen LogP contribution is 2.44. The number of para-hydroxylation sites is 2. The highest BCUT2D eigenvalue weighted by Gasteiger charge is 2.19. The summed E-state index contributed by atoms with van der Waals surface area (Å²) in [5.74, 6) is 0. The fourth-order valence-electron chi connectivity index (χ4n) is 2.51. The smallest absolute Gasteiger partial charge is 0.0988 e. The van der Waals surface area contributed by atoms with E-state index in [-0.39, 0.29) is 0 Å². The first-order chi connectivity index (χ1) is 8.93. The first kappa shape index (κ1) is 9.54. The molecule has 0 unspecified atom stereocenters. The molecule has 2 aromatic carbocycles. The van der Waals surface area contributed by atoms with E-state index in [4.69, 9.17) is 4.42 Å². The summed E-state index contributed by atoms with van der Waals surface area (Å²) in [4.78, 5) is 0. The fourth-order valence-corrected chi connectivity index (χ4v) is 2.51. The second kappa shape index (κ2) is 3.50. The van der Waals surface area contributed by atoms with Crippen molar-refractivity contribution in [1.29, 1.82) is 0 Å². The molecule has 2 nitrogen and oxygen atoms in total. The van der Waals surface area contributed by atoms with Crippen LogP contribution in [0.5, 0.6) is 0 Å². The Bertz CT molecular complexity index is 667. The summed E-state index contributed by atoms with van der Waals surface area (Å²) in [6, 6.07) is 16.6. The Labute approximate surface area is 105 Å². The maximum absolute atomic E-state index is 5.41. The molecule has 0 aliphatic carbocycles. The first-order valence-corrected chi connectivity index (χ1v) is 5.95. The van der Waals surface area contributed by atoms with E-state index >= 15 is 0 Å². The van der Waals surface area contributed by atoms with Crippen molar-refractivity contribution in [2.75, 3.05) is 5.32 Å². The molecule has 86 valence electrons. The third kappa shape index (κ3) is 1.23. The normalized spacial score (nSPS) is 11.8. The topological polar surface area (TPSA) is 25.2 Å². The minimum absolute atomic E-state index is 1.12. The van der Waals surface area contributed by atoms with Crippen LogP contribution in [0, 0.1) is 0 Å². The number of nitrogens with one attached hydrogen (secondary N) is 1. The van der Waals surface area contributed by atoms with Crippen molar-refractivity contribution in [2.24, 2.45) is 0 Å². The quantitative estimate of drug-likeness (QED) is 0.477. The van der Waals surface area contributed by atoms with Crippen LogP contribution >= 0.6 is 0 Å². The summed E-state index contributed by atoms with van der Waals surface area (Å²) in [5, 5.41) is 3.49. The van der Waals surface area contributed by atoms with Gasteiger partial charge in [0, 0.05) is 33.6 Å². The van der Waals surface area contributed by atoms with Gasteiger partial charge in [-0.1, -0.05) is 36.4 Å². The van der Waals surface area contributed by atoms with Gasteiger partial charge in [-0.15, -0.1) is 0 Å². The second-order valence-corrected chi connectivity index (χ2v) is 4.42. The number of fused-ring (bicyclic) bond motifs is 5. The summed E-state index contributed by atoms with van der Waals surface area (Å²) in [7, 11) is 0. The molecule has 3 aromatic rings. The molecule has 2 heteroatoms. The molecule has 0 bridgehead atoms. The molecule has 1 N–H and O–H groups in total. The number of anilines is 2. The molecule has 0 saturated carbocycles. The number of rotatable bonds is 0. The van der Waals surface area contributed by atoms with Crippen LogP contribution in [0.4, 0.5) is 11.4 Å². The lowest BCUT2D eigenvalue weighted by Gasteiger charge is -2.09. The summed E-state index contributed by atoms with van der Waals surface area (Å²) in [6.45, 7) is 0. The van der Waals surface area contributed by atoms with Gasteiger partial charge < -0.3 is 9.73 Å². The molecule has 0 amide bonds. The monoisotopic (exact) mass is 233 g/mol. The Morgan fingerprint density at radius 1 is 0.611 bits per heavy atom. The molecule has 0 saturated heterocycles. The van der Waals surface area contributed by atoms with E-state index in [9.17, 15) is 0 Å². The van der Waals surface area contributed by atoms with Gasteiger partial charge in [0.05, 0.1) is 12.5 Å². The van der Waals surface area contributed by atoms with Crippen molar-refractivity contribution in [3.8, 4) is 22.3 Å². The van der Waals surface area contributed by atoms with E-state index in [1.165, 1.54) is 11.1 Å². The van der Waals surface area contributed by atoms with Crippen molar-refractivity contribution in [2.45, 2.75) is 0 Å². The SMILES string of the molecule is c1ccc2c(c1)Nc1ccccc1-c1cocc1-2. The predicted molar refractivity (Wildman–Crippen MR) is 72.9 cm³/mol. The van der Waals surface area contributed by atoms with Crippen LogP contribution in [0.15, 0.2) is 65.5 Å². The van der Waals surface area contributed by atoms with Crippen LogP contribution in [-0.2, 0) is 0 Å². The predicted octanol–water partition coefficient (Wildman–Crippen LogP) is 4.67. The van der Waals surface area contributed by atoms with Gasteiger partial charge in [-0.2, -0.15) is 0 Å². The number of furan rings is 1. The molecule has 0 spiro atoms. The minimum atomic E-state index is 1.12. The molecule has 2 heterocycles. The van der Waals surface area contributed by atoms with Gasteiger partial charge >= 0.3 is 0 Å². The van der Waals surface area contributed by atoms with Crippen molar-refractivity contribution in [3.05, 3.63) is 61.1 Å². The van der Waals surface area contributed by atoms with Crippen molar-refractivity contribution in [3.63, 3.8) is 0 Å². The van der Waals surface area contributed by atoms with Gasteiger partial charge in [-0.25, -0.2) is 0 Å². The van der Waals surface area contributed by atoms with Crippen LogP contribution in [0.2, 0.25) is 0 Å². The zero-order valence-electron chi connectivity index (χ0n) is 9.68. The van der Waals surface area contributed by atoms with E-state index < -0.39 is 0 Å². The second-order valence-electron chi connectivity index (χ2n) is 4.42. The molecule has 0 fully saturated rings. The van der Waals surface area contributed by atoms with E-state index in [2.05, 4.69) is 29.6 Å². The molecule has 1 aliphatic heterocycles. The van der Waals surface area contributed by atoms with Gasteiger partial charge in [-0.3, -0.25) is 0 Å². The van der Waals surface area contributed by atoms with Gasteiger partial charge in [0.25, 0.3) is 0 Å². The number of benzene rings is 2. The van der Waals surface area contributed by atoms with Crippen LogP contribution in [-0.4, -0.2) is 0 Å². The van der Waals surface area contributed by atoms with Crippen LogP contribution in [0.1, 0.15) is 0 Å². The van der Waals surface area contributed by atoms with Crippen molar-refractivity contribution < 1.29 is 4.42 Å². The summed E-state index contributed by atoms with van der Waals surface area (Å²) >= 11 is 0. The Kier molecular flexibility index (Phi) is 1.86. The number of hydrogen-bond donors (Lipinski definition) is 1. The van der Waals surface area contributed by atoms with E-state index in [1.807, 2.05) is 36.8 Å². The Hall–Kier alpha value is -2.48. The average Bonchev–Trinajstić information content (AvgIpc) is 2.84. The molecule has 0 atom stereocenters. The molecule has 0 radical (unpaired) electrons. The lowest BCUT2D eigenvalue weighted by atomic mass is 9.99. The minimum Gasteiger partial charge on any atom is -0.471 e. The van der Waals surface area contributed by atoms with Crippen LogP contribution < -0.4 is 5.32 Å². The van der Waals surface area contributed by atoms with Gasteiger partial charge in [0.15, 0.2) is 0 Å². The molecular weight excluding hydrogens is 222 g/mol. The highest BCUT2D eigenvalue weighted by atomic mass is 16.3. The maximum atomic E-state index is 5.41. The Balaban J connectivity index is 2.12. The Morgan fingerprint density at radius 2 is 1.11 bits per heavy atom. The van der Waals surface area contributed by atoms with Crippen LogP contribution in [0.25, 0.3) is 22.3 Å². The van der Waals surface area contributed by atoms with Gasteiger partial charge in [-0.05, 0) is 12.1 Å². The lowest BCUT2D eigenvalue weighted by Crippen LogP contribution is -1.90. The Morgan fingerprint density at radius 3 is 1.67 bits per heavy atom. The van der Waals surface area contributed by atoms with Crippen molar-refractivity contribution in [1.82, 2.24) is 0 Å². The van der Waals surface area contributed by atoms with Gasteiger partial charge in [0.2, 0.25) is 0 Å². The summed E-state index contributed by atoms with van der Waals surface area (Å²) < 4.78 is 5.41. The average molecular weight is 233 g/mol. The third-order valence-corrected chi connectivity index (χ3v) is 3.37. The van der Waals surface area contributed by atoms with Crippen LogP contribution in [0.3, 0.4) is 0 Å². The largest absolute Gasteiger partial charge is 0.471 e. The zero-order valence-corrected chi connectivity index (χ0v) is 9.68. The standard InChI is InChI=1S/C16H11NO/c1-3-7-15-11(5-1)13-9-18-10-14(13)12-6-2-4-8-16(12)17-15/h1-10,17H. The van der Waals surface area contributed by atoms with Crippen molar-refractivity contribution >= 4 is 11.4 Å². The molecule has 1 aliphatic rings. The van der Waals surface area contributed by atoms with Gasteiger partial charge in [0.1, 0.15) is 0 Å². The summed E-state index contributed by atoms with van der Waals surface area (Å²) in [5.41, 5.74) is 6.87. The molecular formula is C16H11NO. The van der Waals surface area contributed by atoms with E-state index in [1.54, 1.807) is 0 Å². The number of hydrogen-bond acceptors (Lipinski definition) is 2. The lowest BCUT2D eigenvalue weighted by molar-refractivity contribution is 0.569. The molecule has 4 rings (SSSR count). The maximum Gasteiger partial charge on any atom is 0.0988 e. The third-order valence-electron chi connectivity index (χ3n) is 3.37. The molecule has 18 heavy (non-hydrogen) atoms. The van der Waals surface area contributed by atoms with E-state index in [0.29, 0.717) is 0 Å². The fraction of sp³-hybridized carbons (Fsp3) is 0. The zero-order chi connectivity index (χ0) is 11.9. The van der Waals surface area contributed by atoms with E-state index in [0.717, 1.165) is 22.5 Å². The molecule has 1 aromatic heterocycles. The highest BCUT2D eigenvalue weighted by molar-refractivity contribution is 5.97.